The van der Waals surface area contributed by atoms with Gasteiger partial charge in [0.2, 0.25) is 0 Å². The van der Waals surface area contributed by atoms with E-state index in [-0.39, 0.29) is 20.1 Å². The van der Waals surface area contributed by atoms with Crippen LogP contribution in [0.1, 0.15) is 0 Å². The molecule has 0 aliphatic rings. The standard InChI is InChI=1S/C21H13N4S.Ir/c1-2-7-15(8-3-1)16-9-4-5-11-18(16)25-13-23-24-21(25)17-10-6-12-19-20(17)22-14-26-19;/h1-9,11-14H;/q-1;. The Kier molecular flexibility index (Phi) is 4.94. The van der Waals surface area contributed by atoms with Gasteiger partial charge in [-0.1, -0.05) is 54.1 Å². The zero-order chi connectivity index (χ0) is 17.3. The molecule has 0 saturated carbocycles. The molecule has 0 atom stereocenters. The second-order valence-electron chi connectivity index (χ2n) is 5.83. The zero-order valence-electron chi connectivity index (χ0n) is 14.0. The van der Waals surface area contributed by atoms with Gasteiger partial charge in [0, 0.05) is 36.9 Å². The van der Waals surface area contributed by atoms with Crippen molar-refractivity contribution in [2.24, 2.45) is 0 Å². The molecule has 4 nitrogen and oxygen atoms in total. The average molecular weight is 546 g/mol. The molecule has 133 valence electrons. The van der Waals surface area contributed by atoms with E-state index in [4.69, 9.17) is 0 Å². The number of thiazole rings is 1. The number of fused-ring (bicyclic) bond motifs is 1. The number of benzene rings is 3. The van der Waals surface area contributed by atoms with Gasteiger partial charge in [-0.25, -0.2) is 0 Å². The smallest absolute Gasteiger partial charge is 0.114 e. The first-order valence-corrected chi connectivity index (χ1v) is 9.09. The Morgan fingerprint density at radius 1 is 0.926 bits per heavy atom. The van der Waals surface area contributed by atoms with E-state index in [0.717, 1.165) is 38.4 Å². The summed E-state index contributed by atoms with van der Waals surface area (Å²) >= 11 is 1.61. The Hall–Kier alpha value is -2.66. The zero-order valence-corrected chi connectivity index (χ0v) is 17.2. The second kappa shape index (κ2) is 7.53. The minimum Gasteiger partial charge on any atom is -0.322 e. The molecule has 0 amide bonds. The predicted octanol–water partition coefficient (Wildman–Crippen LogP) is 5.01. The number of para-hydroxylation sites is 1. The third kappa shape index (κ3) is 3.12. The van der Waals surface area contributed by atoms with Gasteiger partial charge in [-0.15, -0.1) is 34.6 Å². The van der Waals surface area contributed by atoms with Gasteiger partial charge in [0.25, 0.3) is 0 Å². The molecule has 0 saturated heterocycles. The fraction of sp³-hybridized carbons (Fsp3) is 0. The van der Waals surface area contributed by atoms with Crippen molar-refractivity contribution in [1.82, 2.24) is 19.7 Å². The fourth-order valence-electron chi connectivity index (χ4n) is 3.13. The molecule has 0 aliphatic heterocycles. The summed E-state index contributed by atoms with van der Waals surface area (Å²) < 4.78 is 3.12. The molecule has 27 heavy (non-hydrogen) atoms. The van der Waals surface area contributed by atoms with Gasteiger partial charge in [-0.05, 0) is 16.3 Å². The number of hydrogen-bond donors (Lipinski definition) is 0. The predicted molar refractivity (Wildman–Crippen MR) is 104 cm³/mol. The molecule has 0 bridgehead atoms. The van der Waals surface area contributed by atoms with Crippen molar-refractivity contribution in [2.75, 3.05) is 0 Å². The van der Waals surface area contributed by atoms with Crippen LogP contribution in [0.5, 0.6) is 0 Å². The summed E-state index contributed by atoms with van der Waals surface area (Å²) in [6.07, 6.45) is 1.75. The van der Waals surface area contributed by atoms with Crippen LogP contribution in [0.3, 0.4) is 0 Å². The number of rotatable bonds is 3. The van der Waals surface area contributed by atoms with Gasteiger partial charge in [0.1, 0.15) is 6.33 Å². The monoisotopic (exact) mass is 546 g/mol. The summed E-state index contributed by atoms with van der Waals surface area (Å²) in [6, 6.07) is 25.8. The Morgan fingerprint density at radius 2 is 1.74 bits per heavy atom. The SMILES string of the molecule is [Ir].[c-]1ccc2scnc2c1-c1nncn1-c1ccccc1-c1ccccc1. The van der Waals surface area contributed by atoms with E-state index in [9.17, 15) is 0 Å². The average Bonchev–Trinajstić information content (AvgIpc) is 3.38. The normalized spacial score (nSPS) is 10.7. The molecule has 1 radical (unpaired) electrons. The Bertz CT molecular complexity index is 1200. The van der Waals surface area contributed by atoms with Crippen molar-refractivity contribution in [1.29, 1.82) is 0 Å². The van der Waals surface area contributed by atoms with E-state index in [1.54, 1.807) is 17.7 Å². The molecule has 2 aromatic heterocycles. The van der Waals surface area contributed by atoms with E-state index < -0.39 is 0 Å². The maximum atomic E-state index is 4.50. The van der Waals surface area contributed by atoms with Crippen LogP contribution in [0.2, 0.25) is 0 Å². The largest absolute Gasteiger partial charge is 0.322 e. The van der Waals surface area contributed by atoms with Gasteiger partial charge in [-0.3, -0.25) is 4.98 Å². The van der Waals surface area contributed by atoms with Crippen LogP contribution < -0.4 is 0 Å². The molecular weight excluding hydrogens is 533 g/mol. The van der Waals surface area contributed by atoms with Gasteiger partial charge in [0.05, 0.1) is 11.3 Å². The molecule has 2 heterocycles. The molecule has 0 spiro atoms. The fourth-order valence-corrected chi connectivity index (χ4v) is 3.81. The summed E-state index contributed by atoms with van der Waals surface area (Å²) in [5.41, 5.74) is 6.92. The van der Waals surface area contributed by atoms with Crippen LogP contribution in [0, 0.1) is 6.07 Å². The van der Waals surface area contributed by atoms with Crippen LogP contribution in [0.25, 0.3) is 38.4 Å². The first-order valence-electron chi connectivity index (χ1n) is 8.21. The van der Waals surface area contributed by atoms with Gasteiger partial charge in [0.15, 0.2) is 0 Å². The number of aromatic nitrogens is 4. The van der Waals surface area contributed by atoms with Crippen LogP contribution in [0.4, 0.5) is 0 Å². The van der Waals surface area contributed by atoms with E-state index in [2.05, 4.69) is 45.5 Å². The molecule has 5 aromatic rings. The van der Waals surface area contributed by atoms with Crippen LogP contribution in [0.15, 0.2) is 78.6 Å². The van der Waals surface area contributed by atoms with E-state index in [0.29, 0.717) is 0 Å². The third-order valence-electron chi connectivity index (χ3n) is 4.31. The number of hydrogen-bond acceptors (Lipinski definition) is 4. The van der Waals surface area contributed by atoms with Crippen LogP contribution in [-0.4, -0.2) is 19.7 Å². The van der Waals surface area contributed by atoms with E-state index in [1.807, 2.05) is 52.5 Å². The minimum absolute atomic E-state index is 0. The van der Waals surface area contributed by atoms with Crippen molar-refractivity contribution < 1.29 is 20.1 Å². The second-order valence-corrected chi connectivity index (χ2v) is 6.71. The maximum Gasteiger partial charge on any atom is 0.114 e. The van der Waals surface area contributed by atoms with Crippen molar-refractivity contribution >= 4 is 21.6 Å². The quantitative estimate of drug-likeness (QED) is 0.300. The molecular formula is C21H13IrN4S-. The Morgan fingerprint density at radius 3 is 2.63 bits per heavy atom. The van der Waals surface area contributed by atoms with Gasteiger partial charge < -0.3 is 4.57 Å². The number of nitrogens with zero attached hydrogens (tertiary/aromatic N) is 4. The molecule has 5 rings (SSSR count). The first kappa shape index (κ1) is 17.7. The molecule has 0 N–H and O–H groups in total. The van der Waals surface area contributed by atoms with Gasteiger partial charge >= 0.3 is 0 Å². The van der Waals surface area contributed by atoms with Crippen LogP contribution in [-0.2, 0) is 20.1 Å². The molecule has 0 aliphatic carbocycles. The van der Waals surface area contributed by atoms with Crippen LogP contribution >= 0.6 is 11.3 Å². The van der Waals surface area contributed by atoms with Crippen molar-refractivity contribution in [3.8, 4) is 28.2 Å². The molecule has 6 heteroatoms. The summed E-state index contributed by atoms with van der Waals surface area (Å²) in [5, 5.41) is 8.54. The first-order chi connectivity index (χ1) is 12.9. The van der Waals surface area contributed by atoms with Crippen molar-refractivity contribution in [3.05, 3.63) is 84.6 Å². The molecule has 3 aromatic carbocycles. The van der Waals surface area contributed by atoms with Crippen molar-refractivity contribution in [2.45, 2.75) is 0 Å². The summed E-state index contributed by atoms with van der Waals surface area (Å²) in [4.78, 5) is 4.50. The Balaban J connectivity index is 0.00000180. The topological polar surface area (TPSA) is 43.6 Å². The summed E-state index contributed by atoms with van der Waals surface area (Å²) in [7, 11) is 0. The Labute approximate surface area is 173 Å². The maximum absolute atomic E-state index is 4.50. The molecule has 0 fully saturated rings. The minimum atomic E-state index is 0. The molecule has 0 unspecified atom stereocenters. The van der Waals surface area contributed by atoms with E-state index >= 15 is 0 Å². The van der Waals surface area contributed by atoms with E-state index in [1.165, 1.54) is 0 Å². The van der Waals surface area contributed by atoms with Crippen molar-refractivity contribution in [3.63, 3.8) is 0 Å². The van der Waals surface area contributed by atoms with Gasteiger partial charge in [-0.2, -0.15) is 5.10 Å². The summed E-state index contributed by atoms with van der Waals surface area (Å²) in [5.74, 6) is 0.741. The third-order valence-corrected chi connectivity index (χ3v) is 5.11. The summed E-state index contributed by atoms with van der Waals surface area (Å²) in [6.45, 7) is 0.